The standard InChI is InChI=1S/C37H46N4O9/c1-24(2)21-28(38-32(42)23-49-30-10-7-6-9-27(30)37(3,4)5)33(43)39-29(35(45)46)22-25-12-14-26(15-13-25)50-36(47)41-18-16-40(17-19-41)34(44)31-11-8-20-48-31/h6-15,20,24,28-29H,16-19,21-23H2,1-5H3,(H,38,42)(H,39,43)(H,45,46)/t28-,29-/m0/s1. The van der Waals surface area contributed by atoms with E-state index in [1.165, 1.54) is 11.2 Å². The molecule has 13 heteroatoms. The van der Waals surface area contributed by atoms with Gasteiger partial charge in [-0.25, -0.2) is 9.59 Å². The number of nitrogens with zero attached hydrogens (tertiary/aromatic N) is 2. The fraction of sp³-hybridized carbons (Fsp3) is 0.432. The molecular weight excluding hydrogens is 644 g/mol. The van der Waals surface area contributed by atoms with Crippen LogP contribution < -0.4 is 20.1 Å². The van der Waals surface area contributed by atoms with Crippen LogP contribution in [0.4, 0.5) is 4.79 Å². The van der Waals surface area contributed by atoms with Crippen molar-refractivity contribution in [2.45, 2.75) is 65.0 Å². The molecule has 2 atom stereocenters. The number of amides is 4. The van der Waals surface area contributed by atoms with Crippen molar-refractivity contribution in [1.82, 2.24) is 20.4 Å². The Morgan fingerprint density at radius 3 is 2.12 bits per heavy atom. The highest BCUT2D eigenvalue weighted by Crippen LogP contribution is 2.31. The SMILES string of the molecule is CC(C)C[C@H](NC(=O)COc1ccccc1C(C)(C)C)C(=O)N[C@@H](Cc1ccc(OC(=O)N2CCN(C(=O)c3ccco3)CC2)cc1)C(=O)O. The molecule has 2 aromatic carbocycles. The Morgan fingerprint density at radius 2 is 1.52 bits per heavy atom. The van der Waals surface area contributed by atoms with E-state index < -0.39 is 36.0 Å². The van der Waals surface area contributed by atoms with Crippen LogP contribution in [0.1, 0.15) is 62.7 Å². The number of furan rings is 1. The predicted molar refractivity (Wildman–Crippen MR) is 184 cm³/mol. The number of benzene rings is 2. The molecule has 1 fully saturated rings. The largest absolute Gasteiger partial charge is 0.483 e. The van der Waals surface area contributed by atoms with E-state index in [0.29, 0.717) is 37.5 Å². The van der Waals surface area contributed by atoms with E-state index in [1.54, 1.807) is 47.4 Å². The summed E-state index contributed by atoms with van der Waals surface area (Å²) in [6.45, 7) is 10.9. The maximum atomic E-state index is 13.3. The first kappa shape index (κ1) is 37.5. The Hall–Kier alpha value is -5.33. The summed E-state index contributed by atoms with van der Waals surface area (Å²) < 4.78 is 16.5. The number of carbonyl (C=O) groups is 5. The Labute approximate surface area is 291 Å². The van der Waals surface area contributed by atoms with E-state index >= 15 is 0 Å². The van der Waals surface area contributed by atoms with Gasteiger partial charge in [-0.15, -0.1) is 0 Å². The van der Waals surface area contributed by atoms with Crippen LogP contribution in [-0.2, 0) is 26.2 Å². The van der Waals surface area contributed by atoms with Gasteiger partial charge in [0.25, 0.3) is 11.8 Å². The monoisotopic (exact) mass is 690 g/mol. The molecule has 0 bridgehead atoms. The molecule has 0 radical (unpaired) electrons. The zero-order valence-corrected chi connectivity index (χ0v) is 29.1. The first-order valence-electron chi connectivity index (χ1n) is 16.6. The van der Waals surface area contributed by atoms with Gasteiger partial charge in [-0.3, -0.25) is 14.4 Å². The summed E-state index contributed by atoms with van der Waals surface area (Å²) in [5.74, 6) is -1.50. The maximum Gasteiger partial charge on any atom is 0.415 e. The van der Waals surface area contributed by atoms with Crippen molar-refractivity contribution in [3.05, 3.63) is 83.8 Å². The fourth-order valence-electron chi connectivity index (χ4n) is 5.51. The van der Waals surface area contributed by atoms with Crippen molar-refractivity contribution in [3.63, 3.8) is 0 Å². The van der Waals surface area contributed by atoms with Crippen LogP contribution in [0.3, 0.4) is 0 Å². The lowest BCUT2D eigenvalue weighted by molar-refractivity contribution is -0.142. The van der Waals surface area contributed by atoms with Gasteiger partial charge in [0.2, 0.25) is 5.91 Å². The highest BCUT2D eigenvalue weighted by Gasteiger charge is 2.29. The van der Waals surface area contributed by atoms with Gasteiger partial charge in [0, 0.05) is 32.6 Å². The molecule has 268 valence electrons. The van der Waals surface area contributed by atoms with Crippen molar-refractivity contribution in [3.8, 4) is 11.5 Å². The third-order valence-electron chi connectivity index (χ3n) is 8.15. The Bertz CT molecular complexity index is 1620. The molecule has 1 aliphatic heterocycles. The fourth-order valence-corrected chi connectivity index (χ4v) is 5.51. The summed E-state index contributed by atoms with van der Waals surface area (Å²) >= 11 is 0. The van der Waals surface area contributed by atoms with Gasteiger partial charge < -0.3 is 39.4 Å². The van der Waals surface area contributed by atoms with Gasteiger partial charge in [0.05, 0.1) is 6.26 Å². The molecule has 4 rings (SSSR count). The van der Waals surface area contributed by atoms with Crippen LogP contribution in [0, 0.1) is 5.92 Å². The second-order valence-corrected chi connectivity index (χ2v) is 13.7. The first-order valence-corrected chi connectivity index (χ1v) is 16.6. The average Bonchev–Trinajstić information content (AvgIpc) is 3.62. The molecule has 1 saturated heterocycles. The number of aliphatic carboxylic acids is 1. The number of hydrogen-bond donors (Lipinski definition) is 3. The van der Waals surface area contributed by atoms with Gasteiger partial charge in [-0.1, -0.05) is 65.0 Å². The number of carbonyl (C=O) groups excluding carboxylic acids is 4. The third kappa shape index (κ3) is 10.6. The lowest BCUT2D eigenvalue weighted by atomic mass is 9.86. The molecule has 2 heterocycles. The lowest BCUT2D eigenvalue weighted by Gasteiger charge is -2.33. The van der Waals surface area contributed by atoms with Crippen LogP contribution in [-0.4, -0.2) is 89.6 Å². The minimum absolute atomic E-state index is 0.0280. The number of ether oxygens (including phenoxy) is 2. The number of nitrogens with one attached hydrogen (secondary N) is 2. The van der Waals surface area contributed by atoms with Crippen molar-refractivity contribution in [2.75, 3.05) is 32.8 Å². The van der Waals surface area contributed by atoms with Gasteiger partial charge in [-0.05, 0) is 59.2 Å². The number of piperazine rings is 1. The molecule has 13 nitrogen and oxygen atoms in total. The maximum absolute atomic E-state index is 13.3. The topological polar surface area (TPSA) is 168 Å². The second-order valence-electron chi connectivity index (χ2n) is 13.7. The van der Waals surface area contributed by atoms with E-state index in [0.717, 1.165) is 5.56 Å². The van der Waals surface area contributed by atoms with Gasteiger partial charge in [0.15, 0.2) is 12.4 Å². The Balaban J connectivity index is 1.29. The normalized spacial score (nSPS) is 14.4. The van der Waals surface area contributed by atoms with E-state index in [-0.39, 0.29) is 48.2 Å². The number of rotatable bonds is 13. The van der Waals surface area contributed by atoms with Gasteiger partial charge >= 0.3 is 12.1 Å². The highest BCUT2D eigenvalue weighted by molar-refractivity contribution is 5.92. The number of carboxylic acids is 1. The average molecular weight is 691 g/mol. The quantitative estimate of drug-likeness (QED) is 0.238. The van der Waals surface area contributed by atoms with Crippen molar-refractivity contribution < 1.29 is 43.0 Å². The number of hydrogen-bond acceptors (Lipinski definition) is 8. The summed E-state index contributed by atoms with van der Waals surface area (Å²) in [5, 5.41) is 15.2. The molecule has 4 amide bonds. The molecule has 0 spiro atoms. The summed E-state index contributed by atoms with van der Waals surface area (Å²) in [7, 11) is 0. The summed E-state index contributed by atoms with van der Waals surface area (Å²) in [5.41, 5.74) is 1.32. The van der Waals surface area contributed by atoms with Crippen molar-refractivity contribution in [2.24, 2.45) is 5.92 Å². The zero-order chi connectivity index (χ0) is 36.4. The zero-order valence-electron chi connectivity index (χ0n) is 29.1. The number of carboxylic acid groups (broad SMARTS) is 1. The van der Waals surface area contributed by atoms with E-state index in [1.807, 2.05) is 52.8 Å². The van der Waals surface area contributed by atoms with Gasteiger partial charge in [0.1, 0.15) is 23.6 Å². The predicted octanol–water partition coefficient (Wildman–Crippen LogP) is 4.26. The van der Waals surface area contributed by atoms with Gasteiger partial charge in [-0.2, -0.15) is 0 Å². The molecule has 0 saturated carbocycles. The summed E-state index contributed by atoms with van der Waals surface area (Å²) in [4.78, 5) is 66.7. The third-order valence-corrected chi connectivity index (χ3v) is 8.15. The van der Waals surface area contributed by atoms with Crippen LogP contribution in [0.2, 0.25) is 0 Å². The molecule has 50 heavy (non-hydrogen) atoms. The molecule has 3 N–H and O–H groups in total. The molecule has 1 aromatic heterocycles. The minimum atomic E-state index is -1.28. The summed E-state index contributed by atoms with van der Waals surface area (Å²) in [6, 6.07) is 14.8. The van der Waals surface area contributed by atoms with Crippen LogP contribution in [0.5, 0.6) is 11.5 Å². The van der Waals surface area contributed by atoms with Crippen LogP contribution in [0.15, 0.2) is 71.3 Å². The molecule has 0 aliphatic carbocycles. The Morgan fingerprint density at radius 1 is 0.860 bits per heavy atom. The molecule has 1 aliphatic rings. The van der Waals surface area contributed by atoms with E-state index in [2.05, 4.69) is 10.6 Å². The lowest BCUT2D eigenvalue weighted by Crippen LogP contribution is -2.53. The Kier molecular flexibility index (Phi) is 12.6. The van der Waals surface area contributed by atoms with Crippen molar-refractivity contribution in [1.29, 1.82) is 0 Å². The van der Waals surface area contributed by atoms with E-state index in [9.17, 15) is 29.1 Å². The van der Waals surface area contributed by atoms with E-state index in [4.69, 9.17) is 13.9 Å². The molecule has 0 unspecified atom stereocenters. The first-order chi connectivity index (χ1) is 23.7. The molecule has 3 aromatic rings. The molecular formula is C37H46N4O9. The highest BCUT2D eigenvalue weighted by atomic mass is 16.6. The summed E-state index contributed by atoms with van der Waals surface area (Å²) in [6.07, 6.45) is 1.11. The second kappa shape index (κ2) is 16.9. The minimum Gasteiger partial charge on any atom is -0.483 e. The number of para-hydroxylation sites is 1. The van der Waals surface area contributed by atoms with Crippen molar-refractivity contribution >= 4 is 29.8 Å². The van der Waals surface area contributed by atoms with Crippen LogP contribution >= 0.6 is 0 Å². The smallest absolute Gasteiger partial charge is 0.415 e. The van der Waals surface area contributed by atoms with Crippen LogP contribution in [0.25, 0.3) is 0 Å².